The summed E-state index contributed by atoms with van der Waals surface area (Å²) in [4.78, 5) is 10.9. The van der Waals surface area contributed by atoms with Crippen LogP contribution in [0.3, 0.4) is 0 Å². The van der Waals surface area contributed by atoms with Gasteiger partial charge in [-0.05, 0) is 47.5 Å². The van der Waals surface area contributed by atoms with Gasteiger partial charge in [-0.3, -0.25) is 0 Å². The molecule has 122 valence electrons. The summed E-state index contributed by atoms with van der Waals surface area (Å²) < 4.78 is 5.94. The number of hydrogen-bond donors (Lipinski definition) is 2. The minimum atomic E-state index is -0.949. The quantitative estimate of drug-likeness (QED) is 0.543. The number of benzene rings is 3. The molecule has 2 N–H and O–H groups in total. The standard InChI is InChI=1S/C21H14O4/c22-18-9-7-13(8-10-18)16-5-6-17-12-19(25-20(17)11-16)14-1-3-15(4-2-14)21(23)24/h1-12,22H,(H,23,24). The Labute approximate surface area is 143 Å². The van der Waals surface area contributed by atoms with E-state index >= 15 is 0 Å². The molecule has 0 saturated carbocycles. The fourth-order valence-electron chi connectivity index (χ4n) is 2.78. The lowest BCUT2D eigenvalue weighted by molar-refractivity contribution is 0.0697. The molecule has 25 heavy (non-hydrogen) atoms. The van der Waals surface area contributed by atoms with Gasteiger partial charge in [0.25, 0.3) is 0 Å². The molecule has 3 aromatic carbocycles. The fourth-order valence-corrected chi connectivity index (χ4v) is 2.78. The van der Waals surface area contributed by atoms with Gasteiger partial charge in [-0.1, -0.05) is 36.4 Å². The molecule has 0 atom stereocenters. The molecule has 0 fully saturated rings. The Morgan fingerprint density at radius 2 is 1.40 bits per heavy atom. The van der Waals surface area contributed by atoms with Gasteiger partial charge in [-0.2, -0.15) is 0 Å². The van der Waals surface area contributed by atoms with Crippen LogP contribution in [0, 0.1) is 0 Å². The van der Waals surface area contributed by atoms with Crippen molar-refractivity contribution in [2.75, 3.05) is 0 Å². The lowest BCUT2D eigenvalue weighted by atomic mass is 10.0. The van der Waals surface area contributed by atoms with Crippen molar-refractivity contribution in [2.45, 2.75) is 0 Å². The molecular weight excluding hydrogens is 316 g/mol. The molecule has 4 rings (SSSR count). The summed E-state index contributed by atoms with van der Waals surface area (Å²) in [5.74, 6) is -0.0283. The van der Waals surface area contributed by atoms with Gasteiger partial charge in [-0.25, -0.2) is 4.79 Å². The first kappa shape index (κ1) is 15.0. The molecule has 0 aliphatic rings. The maximum Gasteiger partial charge on any atom is 0.335 e. The van der Waals surface area contributed by atoms with Crippen LogP contribution in [-0.2, 0) is 0 Å². The Balaban J connectivity index is 1.72. The number of hydrogen-bond acceptors (Lipinski definition) is 3. The third kappa shape index (κ3) is 2.85. The molecule has 0 amide bonds. The number of aromatic hydroxyl groups is 1. The predicted molar refractivity (Wildman–Crippen MR) is 95.7 cm³/mol. The predicted octanol–water partition coefficient (Wildman–Crippen LogP) is 5.17. The average Bonchev–Trinajstić information content (AvgIpc) is 3.05. The lowest BCUT2D eigenvalue weighted by Crippen LogP contribution is -1.94. The smallest absolute Gasteiger partial charge is 0.335 e. The van der Waals surface area contributed by atoms with Gasteiger partial charge in [0.2, 0.25) is 0 Å². The SMILES string of the molecule is O=C(O)c1ccc(-c2cc3ccc(-c4ccc(O)cc4)cc3o2)cc1. The van der Waals surface area contributed by atoms with Crippen molar-refractivity contribution in [3.8, 4) is 28.2 Å². The second-order valence-corrected chi connectivity index (χ2v) is 5.79. The van der Waals surface area contributed by atoms with E-state index in [1.54, 1.807) is 36.4 Å². The molecule has 4 nitrogen and oxygen atoms in total. The number of carbonyl (C=O) groups is 1. The Hall–Kier alpha value is -3.53. The zero-order valence-electron chi connectivity index (χ0n) is 13.1. The minimum Gasteiger partial charge on any atom is -0.508 e. The van der Waals surface area contributed by atoms with Crippen LogP contribution in [0.1, 0.15) is 10.4 Å². The van der Waals surface area contributed by atoms with E-state index in [0.717, 1.165) is 27.7 Å². The molecule has 1 heterocycles. The number of carboxylic acids is 1. The first-order valence-corrected chi connectivity index (χ1v) is 7.77. The van der Waals surface area contributed by atoms with E-state index in [1.165, 1.54) is 0 Å². The van der Waals surface area contributed by atoms with Crippen molar-refractivity contribution >= 4 is 16.9 Å². The highest BCUT2D eigenvalue weighted by Gasteiger charge is 2.09. The zero-order valence-corrected chi connectivity index (χ0v) is 13.1. The Bertz CT molecular complexity index is 1060. The minimum absolute atomic E-state index is 0.231. The van der Waals surface area contributed by atoms with Crippen LogP contribution in [0.4, 0.5) is 0 Å². The molecule has 0 spiro atoms. The molecule has 0 saturated heterocycles. The summed E-state index contributed by atoms with van der Waals surface area (Å²) in [7, 11) is 0. The van der Waals surface area contributed by atoms with E-state index in [0.29, 0.717) is 5.76 Å². The number of furan rings is 1. The summed E-state index contributed by atoms with van der Waals surface area (Å²) in [5, 5.41) is 19.4. The van der Waals surface area contributed by atoms with E-state index in [4.69, 9.17) is 9.52 Å². The van der Waals surface area contributed by atoms with E-state index in [9.17, 15) is 9.90 Å². The monoisotopic (exact) mass is 330 g/mol. The number of phenols is 1. The summed E-state index contributed by atoms with van der Waals surface area (Å²) in [6.07, 6.45) is 0. The molecule has 4 heteroatoms. The van der Waals surface area contributed by atoms with Crippen molar-refractivity contribution in [3.05, 3.63) is 78.4 Å². The average molecular weight is 330 g/mol. The molecule has 0 aliphatic heterocycles. The highest BCUT2D eigenvalue weighted by atomic mass is 16.4. The largest absolute Gasteiger partial charge is 0.508 e. The molecular formula is C21H14O4. The lowest BCUT2D eigenvalue weighted by Gasteiger charge is -2.01. The number of phenolic OH excluding ortho intramolecular Hbond substituents is 1. The second-order valence-electron chi connectivity index (χ2n) is 5.79. The van der Waals surface area contributed by atoms with Crippen LogP contribution in [0.15, 0.2) is 77.2 Å². The third-order valence-corrected chi connectivity index (χ3v) is 4.14. The van der Waals surface area contributed by atoms with Gasteiger partial charge in [0.1, 0.15) is 17.1 Å². The fraction of sp³-hybridized carbons (Fsp3) is 0. The third-order valence-electron chi connectivity index (χ3n) is 4.14. The van der Waals surface area contributed by atoms with Crippen LogP contribution in [0.25, 0.3) is 33.4 Å². The van der Waals surface area contributed by atoms with Gasteiger partial charge in [0.05, 0.1) is 5.56 Å². The van der Waals surface area contributed by atoms with E-state index in [-0.39, 0.29) is 11.3 Å². The van der Waals surface area contributed by atoms with E-state index < -0.39 is 5.97 Å². The second kappa shape index (κ2) is 5.83. The van der Waals surface area contributed by atoms with Crippen molar-refractivity contribution in [1.29, 1.82) is 0 Å². The Kier molecular flexibility index (Phi) is 3.51. The van der Waals surface area contributed by atoms with Gasteiger partial charge in [0.15, 0.2) is 0 Å². The maximum atomic E-state index is 10.9. The summed E-state index contributed by atoms with van der Waals surface area (Å²) in [6.45, 7) is 0. The highest BCUT2D eigenvalue weighted by molar-refractivity contribution is 5.89. The van der Waals surface area contributed by atoms with Crippen molar-refractivity contribution in [3.63, 3.8) is 0 Å². The maximum absolute atomic E-state index is 10.9. The van der Waals surface area contributed by atoms with Gasteiger partial charge in [-0.15, -0.1) is 0 Å². The van der Waals surface area contributed by atoms with Crippen molar-refractivity contribution < 1.29 is 19.4 Å². The Morgan fingerprint density at radius 3 is 2.08 bits per heavy atom. The van der Waals surface area contributed by atoms with Crippen molar-refractivity contribution in [2.24, 2.45) is 0 Å². The Morgan fingerprint density at radius 1 is 0.760 bits per heavy atom. The molecule has 4 aromatic rings. The van der Waals surface area contributed by atoms with Crippen molar-refractivity contribution in [1.82, 2.24) is 0 Å². The van der Waals surface area contributed by atoms with Gasteiger partial charge < -0.3 is 14.6 Å². The first-order chi connectivity index (χ1) is 12.1. The van der Waals surface area contributed by atoms with Crippen LogP contribution in [0.2, 0.25) is 0 Å². The van der Waals surface area contributed by atoms with Crippen LogP contribution >= 0.6 is 0 Å². The first-order valence-electron chi connectivity index (χ1n) is 7.77. The van der Waals surface area contributed by atoms with Crippen LogP contribution < -0.4 is 0 Å². The number of carboxylic acid groups (broad SMARTS) is 1. The summed E-state index contributed by atoms with van der Waals surface area (Å²) in [6, 6.07) is 21.5. The van der Waals surface area contributed by atoms with E-state index in [1.807, 2.05) is 36.4 Å². The molecule has 0 aliphatic carbocycles. The van der Waals surface area contributed by atoms with E-state index in [2.05, 4.69) is 0 Å². The molecule has 1 aromatic heterocycles. The molecule has 0 radical (unpaired) electrons. The highest BCUT2D eigenvalue weighted by Crippen LogP contribution is 2.31. The number of fused-ring (bicyclic) bond motifs is 1. The van der Waals surface area contributed by atoms with Crippen LogP contribution in [0.5, 0.6) is 5.75 Å². The topological polar surface area (TPSA) is 70.7 Å². The van der Waals surface area contributed by atoms with Gasteiger partial charge in [0, 0.05) is 10.9 Å². The summed E-state index contributed by atoms with van der Waals surface area (Å²) in [5.41, 5.74) is 3.81. The normalized spacial score (nSPS) is 10.9. The zero-order chi connectivity index (χ0) is 17.4. The van der Waals surface area contributed by atoms with Crippen LogP contribution in [-0.4, -0.2) is 16.2 Å². The van der Waals surface area contributed by atoms with Gasteiger partial charge >= 0.3 is 5.97 Å². The summed E-state index contributed by atoms with van der Waals surface area (Å²) >= 11 is 0. The number of rotatable bonds is 3. The molecule has 0 unspecified atom stereocenters. The number of aromatic carboxylic acids is 1. The molecule has 0 bridgehead atoms.